The molecule has 3 aromatic rings. The molecule has 0 bridgehead atoms. The van der Waals surface area contributed by atoms with Crippen LogP contribution in [0.2, 0.25) is 0 Å². The first-order valence-electron chi connectivity index (χ1n) is 10.3. The van der Waals surface area contributed by atoms with Gasteiger partial charge < -0.3 is 9.80 Å². The number of hydrogen-bond donors (Lipinski definition) is 0. The number of halogens is 1. The van der Waals surface area contributed by atoms with Crippen LogP contribution in [0.1, 0.15) is 36.2 Å². The number of carbonyl (C=O) groups excluding carboxylic acids is 1. The second kappa shape index (κ2) is 9.34. The number of amides is 1. The van der Waals surface area contributed by atoms with Crippen molar-refractivity contribution in [3.8, 4) is 0 Å². The molecule has 1 fully saturated rings. The Morgan fingerprint density at radius 1 is 1.07 bits per heavy atom. The van der Waals surface area contributed by atoms with Crippen LogP contribution in [0.5, 0.6) is 0 Å². The van der Waals surface area contributed by atoms with Crippen LogP contribution in [0.15, 0.2) is 54.6 Å². The van der Waals surface area contributed by atoms with E-state index in [4.69, 9.17) is 0 Å². The van der Waals surface area contributed by atoms with Crippen molar-refractivity contribution in [2.75, 3.05) is 31.1 Å². The van der Waals surface area contributed by atoms with Crippen LogP contribution < -0.4 is 4.90 Å². The van der Waals surface area contributed by atoms with Crippen LogP contribution in [0.25, 0.3) is 0 Å². The largest absolute Gasteiger partial charge is 0.343 e. The summed E-state index contributed by atoms with van der Waals surface area (Å²) in [6.07, 6.45) is 1.39. The lowest BCUT2D eigenvalue weighted by Gasteiger charge is -2.36. The van der Waals surface area contributed by atoms with Crippen LogP contribution in [0, 0.1) is 5.82 Å². The highest BCUT2D eigenvalue weighted by atomic mass is 32.1. The second-order valence-corrected chi connectivity index (χ2v) is 8.21. The number of anilines is 1. The molecule has 1 amide bonds. The highest BCUT2D eigenvalue weighted by molar-refractivity contribution is 7.09. The average molecular weight is 425 g/mol. The van der Waals surface area contributed by atoms with Crippen LogP contribution in [-0.2, 0) is 11.2 Å². The molecule has 0 aliphatic carbocycles. The predicted octanol–water partition coefficient (Wildman–Crippen LogP) is 4.11. The topological polar surface area (TPSA) is 49.3 Å². The molecular formula is C23H25FN4OS. The number of nitrogens with zero attached hydrogens (tertiary/aromatic N) is 4. The van der Waals surface area contributed by atoms with Gasteiger partial charge in [-0.1, -0.05) is 49.4 Å². The van der Waals surface area contributed by atoms with Gasteiger partial charge in [0.2, 0.25) is 11.0 Å². The zero-order valence-corrected chi connectivity index (χ0v) is 17.8. The first-order valence-corrected chi connectivity index (χ1v) is 11.1. The Kier molecular flexibility index (Phi) is 6.38. The van der Waals surface area contributed by atoms with Crippen LogP contribution in [-0.4, -0.2) is 46.3 Å². The van der Waals surface area contributed by atoms with E-state index in [0.29, 0.717) is 19.5 Å². The normalized spacial score (nSPS) is 15.3. The van der Waals surface area contributed by atoms with E-state index in [1.807, 2.05) is 35.2 Å². The minimum Gasteiger partial charge on any atom is -0.343 e. The first kappa shape index (κ1) is 20.5. The standard InChI is InChI=1S/C23H25FN4OS/c1-2-20(18-6-4-3-5-7-18)22(29)27-12-14-28(15-13-27)23-25-21(26-30-23)16-17-8-10-19(24)11-9-17/h3-11,20H,2,12-16H2,1H3. The average Bonchev–Trinajstić information content (AvgIpc) is 3.25. The summed E-state index contributed by atoms with van der Waals surface area (Å²) in [4.78, 5) is 21.9. The Morgan fingerprint density at radius 3 is 2.43 bits per heavy atom. The fraction of sp³-hybridized carbons (Fsp3) is 0.348. The van der Waals surface area contributed by atoms with E-state index in [2.05, 4.69) is 21.2 Å². The molecule has 2 heterocycles. The van der Waals surface area contributed by atoms with Gasteiger partial charge in [-0.05, 0) is 29.7 Å². The maximum Gasteiger partial charge on any atom is 0.230 e. The molecule has 1 atom stereocenters. The van der Waals surface area contributed by atoms with Crippen molar-refractivity contribution >= 4 is 22.6 Å². The minimum absolute atomic E-state index is 0.0819. The lowest BCUT2D eigenvalue weighted by molar-refractivity contribution is -0.133. The molecular weight excluding hydrogens is 399 g/mol. The summed E-state index contributed by atoms with van der Waals surface area (Å²) in [7, 11) is 0. The van der Waals surface area contributed by atoms with Crippen LogP contribution >= 0.6 is 11.5 Å². The summed E-state index contributed by atoms with van der Waals surface area (Å²) in [5.41, 5.74) is 2.07. The molecule has 0 spiro atoms. The van der Waals surface area contributed by atoms with E-state index in [9.17, 15) is 9.18 Å². The van der Waals surface area contributed by atoms with E-state index in [-0.39, 0.29) is 17.6 Å². The van der Waals surface area contributed by atoms with E-state index in [1.54, 1.807) is 12.1 Å². The van der Waals surface area contributed by atoms with Gasteiger partial charge in [0.25, 0.3) is 0 Å². The molecule has 1 saturated heterocycles. The van der Waals surface area contributed by atoms with Gasteiger partial charge in [-0.15, -0.1) is 0 Å². The highest BCUT2D eigenvalue weighted by Gasteiger charge is 2.28. The summed E-state index contributed by atoms with van der Waals surface area (Å²) >= 11 is 1.38. The molecule has 2 aromatic carbocycles. The molecule has 1 aliphatic heterocycles. The molecule has 1 unspecified atom stereocenters. The molecule has 30 heavy (non-hydrogen) atoms. The van der Waals surface area contributed by atoms with Crippen molar-refractivity contribution in [2.45, 2.75) is 25.7 Å². The Balaban J connectivity index is 1.35. The SMILES string of the molecule is CCC(C(=O)N1CCN(c2nc(Cc3ccc(F)cc3)ns2)CC1)c1ccccc1. The second-order valence-electron chi connectivity index (χ2n) is 7.48. The van der Waals surface area contributed by atoms with Gasteiger partial charge in [-0.25, -0.2) is 9.37 Å². The number of benzene rings is 2. The molecule has 0 N–H and O–H groups in total. The van der Waals surface area contributed by atoms with Gasteiger partial charge in [0, 0.05) is 44.1 Å². The van der Waals surface area contributed by atoms with Gasteiger partial charge in [-0.3, -0.25) is 4.79 Å². The molecule has 0 saturated carbocycles. The molecule has 7 heteroatoms. The van der Waals surface area contributed by atoms with E-state index in [0.717, 1.165) is 41.6 Å². The number of hydrogen-bond acceptors (Lipinski definition) is 5. The fourth-order valence-electron chi connectivity index (χ4n) is 3.81. The molecule has 4 rings (SSSR count). The minimum atomic E-state index is -0.240. The van der Waals surface area contributed by atoms with Gasteiger partial charge in [0.15, 0.2) is 0 Å². The summed E-state index contributed by atoms with van der Waals surface area (Å²) in [5.74, 6) is 0.630. The van der Waals surface area contributed by atoms with E-state index < -0.39 is 0 Å². The van der Waals surface area contributed by atoms with Crippen molar-refractivity contribution in [3.05, 3.63) is 77.4 Å². The maximum atomic E-state index is 13.1. The third-order valence-electron chi connectivity index (χ3n) is 5.50. The third kappa shape index (κ3) is 4.67. The maximum absolute atomic E-state index is 13.1. The number of carbonyl (C=O) groups is 1. The van der Waals surface area contributed by atoms with E-state index >= 15 is 0 Å². The molecule has 1 aliphatic rings. The van der Waals surface area contributed by atoms with E-state index in [1.165, 1.54) is 23.7 Å². The monoisotopic (exact) mass is 424 g/mol. The molecule has 1 aromatic heterocycles. The molecule has 5 nitrogen and oxygen atoms in total. The Morgan fingerprint density at radius 2 is 1.77 bits per heavy atom. The number of rotatable bonds is 6. The summed E-state index contributed by atoms with van der Waals surface area (Å²) in [5, 5.41) is 0.884. The van der Waals surface area contributed by atoms with Crippen molar-refractivity contribution in [1.82, 2.24) is 14.3 Å². The lowest BCUT2D eigenvalue weighted by Crippen LogP contribution is -2.50. The zero-order valence-electron chi connectivity index (χ0n) is 17.0. The van der Waals surface area contributed by atoms with Crippen LogP contribution in [0.4, 0.5) is 9.52 Å². The Bertz CT molecular complexity index is 968. The summed E-state index contributed by atoms with van der Waals surface area (Å²) < 4.78 is 17.5. The number of aromatic nitrogens is 2. The molecule has 0 radical (unpaired) electrons. The van der Waals surface area contributed by atoms with Crippen molar-refractivity contribution in [3.63, 3.8) is 0 Å². The highest BCUT2D eigenvalue weighted by Crippen LogP contribution is 2.25. The van der Waals surface area contributed by atoms with Gasteiger partial charge in [-0.2, -0.15) is 4.37 Å². The van der Waals surface area contributed by atoms with Gasteiger partial charge in [0.1, 0.15) is 11.6 Å². The number of piperazine rings is 1. The Hall–Kier alpha value is -2.80. The van der Waals surface area contributed by atoms with Crippen molar-refractivity contribution in [1.29, 1.82) is 0 Å². The third-order valence-corrected chi connectivity index (χ3v) is 6.32. The quantitative estimate of drug-likeness (QED) is 0.598. The summed E-state index contributed by atoms with van der Waals surface area (Å²) in [6.45, 7) is 4.95. The smallest absolute Gasteiger partial charge is 0.230 e. The predicted molar refractivity (Wildman–Crippen MR) is 117 cm³/mol. The van der Waals surface area contributed by atoms with Crippen molar-refractivity contribution < 1.29 is 9.18 Å². The zero-order chi connectivity index (χ0) is 20.9. The Labute approximate surface area is 180 Å². The van der Waals surface area contributed by atoms with Gasteiger partial charge >= 0.3 is 0 Å². The van der Waals surface area contributed by atoms with Crippen LogP contribution in [0.3, 0.4) is 0 Å². The van der Waals surface area contributed by atoms with Crippen molar-refractivity contribution in [2.24, 2.45) is 0 Å². The fourth-order valence-corrected chi connectivity index (χ4v) is 4.54. The van der Waals surface area contributed by atoms with Gasteiger partial charge in [0.05, 0.1) is 5.92 Å². The lowest BCUT2D eigenvalue weighted by atomic mass is 9.95. The summed E-state index contributed by atoms with van der Waals surface area (Å²) in [6, 6.07) is 16.5. The molecule has 156 valence electrons. The first-order chi connectivity index (χ1) is 14.6.